The highest BCUT2D eigenvalue weighted by Crippen LogP contribution is 2.47. The molecule has 1 aliphatic carbocycles. The first-order valence-corrected chi connectivity index (χ1v) is 18.9. The number of imidazole rings is 1. The molecule has 3 amide bonds. The molecule has 51 heavy (non-hydrogen) atoms. The van der Waals surface area contributed by atoms with Crippen molar-refractivity contribution in [2.45, 2.75) is 102 Å². The summed E-state index contributed by atoms with van der Waals surface area (Å²) in [6.07, 6.45) is 5.42. The van der Waals surface area contributed by atoms with Gasteiger partial charge >= 0.3 is 12.2 Å². The number of alkyl carbamates (subject to hydrolysis) is 1. The molecule has 3 unspecified atom stereocenters. The predicted octanol–water partition coefficient (Wildman–Crippen LogP) is 8.62. The fourth-order valence-electron chi connectivity index (χ4n) is 6.96. The molecule has 2 aliphatic rings. The highest BCUT2D eigenvalue weighted by Gasteiger charge is 2.48. The van der Waals surface area contributed by atoms with Crippen molar-refractivity contribution in [3.05, 3.63) is 78.1 Å². The van der Waals surface area contributed by atoms with Crippen LogP contribution >= 0.6 is 11.8 Å². The second-order valence-corrected chi connectivity index (χ2v) is 16.5. The number of amides is 3. The molecule has 3 N–H and O–H groups in total. The van der Waals surface area contributed by atoms with Crippen molar-refractivity contribution in [3.63, 3.8) is 0 Å². The normalized spacial score (nSPS) is 20.7. The van der Waals surface area contributed by atoms with Crippen LogP contribution in [0.25, 0.3) is 33.3 Å². The van der Waals surface area contributed by atoms with Crippen molar-refractivity contribution >= 4 is 40.9 Å². The van der Waals surface area contributed by atoms with Gasteiger partial charge in [0.1, 0.15) is 21.9 Å². The number of carbonyl (C=O) groups is 3. The number of nitrogens with one attached hydrogen (secondary N) is 3. The van der Waals surface area contributed by atoms with E-state index in [1.54, 1.807) is 11.8 Å². The number of benzene rings is 3. The van der Waals surface area contributed by atoms with E-state index in [1.807, 2.05) is 83.0 Å². The molecule has 1 saturated carbocycles. The molecule has 270 valence electrons. The molecule has 1 saturated heterocycles. The minimum atomic E-state index is -0.614. The highest BCUT2D eigenvalue weighted by molar-refractivity contribution is 7.99. The minimum absolute atomic E-state index is 0.147. The van der Waals surface area contributed by atoms with Gasteiger partial charge in [-0.15, -0.1) is 11.8 Å². The summed E-state index contributed by atoms with van der Waals surface area (Å²) in [6, 6.07) is 21.8. The number of carbonyl (C=O) groups excluding carboxylic acids is 3. The fourth-order valence-corrected chi connectivity index (χ4v) is 7.99. The molecule has 6 rings (SSSR count). The van der Waals surface area contributed by atoms with E-state index in [9.17, 15) is 14.4 Å². The van der Waals surface area contributed by atoms with Gasteiger partial charge in [-0.1, -0.05) is 42.5 Å². The van der Waals surface area contributed by atoms with Gasteiger partial charge in [-0.25, -0.2) is 14.6 Å². The third kappa shape index (κ3) is 8.19. The molecule has 10 nitrogen and oxygen atoms in total. The van der Waals surface area contributed by atoms with Gasteiger partial charge in [-0.05, 0) is 126 Å². The van der Waals surface area contributed by atoms with Crippen molar-refractivity contribution in [3.8, 4) is 22.3 Å². The Hall–Kier alpha value is -4.51. The van der Waals surface area contributed by atoms with Crippen LogP contribution in [0.15, 0.2) is 66.7 Å². The lowest BCUT2D eigenvalue weighted by Gasteiger charge is -2.36. The Kier molecular flexibility index (Phi) is 10.1. The molecule has 0 bridgehead atoms. The number of ether oxygens (including phenoxy) is 2. The summed E-state index contributed by atoms with van der Waals surface area (Å²) in [5.41, 5.74) is 5.34. The number of aromatic nitrogens is 2. The third-order valence-corrected chi connectivity index (χ3v) is 10.7. The van der Waals surface area contributed by atoms with Crippen LogP contribution in [0, 0.1) is 0 Å². The second-order valence-electron chi connectivity index (χ2n) is 15.5. The number of hydrogen-bond acceptors (Lipinski definition) is 7. The number of nitrogens with zero attached hydrogens (tertiary/aromatic N) is 2. The average Bonchev–Trinajstić information content (AvgIpc) is 3.82. The smallest absolute Gasteiger partial charge is 0.411 e. The van der Waals surface area contributed by atoms with Crippen LogP contribution in [0.1, 0.15) is 89.8 Å². The monoisotopic (exact) mass is 711 g/mol. The van der Waals surface area contributed by atoms with E-state index in [-0.39, 0.29) is 24.1 Å². The van der Waals surface area contributed by atoms with Crippen molar-refractivity contribution in [2.24, 2.45) is 0 Å². The molecule has 0 radical (unpaired) electrons. The van der Waals surface area contributed by atoms with E-state index in [0.29, 0.717) is 12.1 Å². The Morgan fingerprint density at radius 2 is 1.37 bits per heavy atom. The highest BCUT2D eigenvalue weighted by atomic mass is 32.2. The van der Waals surface area contributed by atoms with Crippen LogP contribution in [0.2, 0.25) is 0 Å². The fraction of sp³-hybridized carbons (Fsp3) is 0.450. The molecule has 11 heteroatoms. The van der Waals surface area contributed by atoms with Crippen LogP contribution in [-0.2, 0) is 14.3 Å². The van der Waals surface area contributed by atoms with Crippen molar-refractivity contribution in [2.75, 3.05) is 12.8 Å². The molecule has 1 aliphatic heterocycles. The molecular weight excluding hydrogens is 663 g/mol. The molecule has 3 atom stereocenters. The SMILES string of the molecule is CSC1(c2nc3ccc(-c4ccc(-c5ccc(C(=O)NC6CCCC6NC(=O)OC(C)(C)C)cc5)cc4)cc3[nH]2)CCCN1C(=O)OC(C)(C)C. The summed E-state index contributed by atoms with van der Waals surface area (Å²) in [7, 11) is 0. The molecule has 0 spiro atoms. The zero-order valence-corrected chi connectivity index (χ0v) is 31.4. The van der Waals surface area contributed by atoms with Gasteiger partial charge in [0, 0.05) is 18.2 Å². The topological polar surface area (TPSA) is 126 Å². The van der Waals surface area contributed by atoms with Crippen LogP contribution < -0.4 is 10.6 Å². The zero-order valence-electron chi connectivity index (χ0n) is 30.6. The van der Waals surface area contributed by atoms with Gasteiger partial charge in [0.05, 0.1) is 17.1 Å². The van der Waals surface area contributed by atoms with E-state index in [4.69, 9.17) is 14.5 Å². The first-order chi connectivity index (χ1) is 24.1. The predicted molar refractivity (Wildman–Crippen MR) is 203 cm³/mol. The van der Waals surface area contributed by atoms with Crippen LogP contribution in [0.4, 0.5) is 9.59 Å². The number of rotatable bonds is 7. The van der Waals surface area contributed by atoms with Gasteiger partial charge in [0.15, 0.2) is 0 Å². The zero-order chi connectivity index (χ0) is 36.6. The lowest BCUT2D eigenvalue weighted by atomic mass is 9.99. The van der Waals surface area contributed by atoms with Gasteiger partial charge in [0.2, 0.25) is 0 Å². The number of hydrogen-bond donors (Lipinski definition) is 3. The molecule has 3 aromatic carbocycles. The maximum absolute atomic E-state index is 13.2. The van der Waals surface area contributed by atoms with Gasteiger partial charge in [0.25, 0.3) is 5.91 Å². The molecule has 2 fully saturated rings. The molecular formula is C40H49N5O5S. The Morgan fingerprint density at radius 3 is 1.98 bits per heavy atom. The summed E-state index contributed by atoms with van der Waals surface area (Å²) < 4.78 is 11.2. The van der Waals surface area contributed by atoms with E-state index < -0.39 is 22.2 Å². The van der Waals surface area contributed by atoms with Crippen molar-refractivity contribution < 1.29 is 23.9 Å². The molecule has 1 aromatic heterocycles. The summed E-state index contributed by atoms with van der Waals surface area (Å²) in [5.74, 6) is 0.601. The summed E-state index contributed by atoms with van der Waals surface area (Å²) >= 11 is 1.61. The number of thioether (sulfide) groups is 1. The van der Waals surface area contributed by atoms with Gasteiger partial charge in [-0.3, -0.25) is 9.69 Å². The number of fused-ring (bicyclic) bond motifs is 1. The van der Waals surface area contributed by atoms with Gasteiger partial charge in [-0.2, -0.15) is 0 Å². The Bertz CT molecular complexity index is 1890. The van der Waals surface area contributed by atoms with Crippen molar-refractivity contribution in [1.29, 1.82) is 0 Å². The number of H-pyrrole nitrogens is 1. The second kappa shape index (κ2) is 14.3. The van der Waals surface area contributed by atoms with E-state index in [0.717, 1.165) is 71.2 Å². The summed E-state index contributed by atoms with van der Waals surface area (Å²) in [5, 5.41) is 6.04. The summed E-state index contributed by atoms with van der Waals surface area (Å²) in [4.78, 5) is 48.3. The van der Waals surface area contributed by atoms with E-state index in [2.05, 4.69) is 52.0 Å². The number of aromatic amines is 1. The lowest BCUT2D eigenvalue weighted by molar-refractivity contribution is 0.0183. The third-order valence-electron chi connectivity index (χ3n) is 9.37. The van der Waals surface area contributed by atoms with Crippen LogP contribution in [0.5, 0.6) is 0 Å². The maximum atomic E-state index is 13.2. The first-order valence-electron chi connectivity index (χ1n) is 17.7. The number of likely N-dealkylation sites (tertiary alicyclic amines) is 1. The summed E-state index contributed by atoms with van der Waals surface area (Å²) in [6.45, 7) is 11.8. The lowest BCUT2D eigenvalue weighted by Crippen LogP contribution is -2.49. The standard InChI is InChI=1S/C40H49N5O5S/c1-38(2,3)49-36(47)44-31-11-8-10-30(31)41-34(46)28-18-16-26(17-19-28)25-12-14-27(15-13-25)29-20-21-32-33(24-29)43-35(42-32)40(51-7)22-9-23-45(40)37(48)50-39(4,5)6/h12-21,24,30-31H,8-11,22-23H2,1-7H3,(H,41,46)(H,42,43)(H,44,47). The Balaban J connectivity index is 1.12. The van der Waals surface area contributed by atoms with E-state index >= 15 is 0 Å². The first kappa shape index (κ1) is 36.3. The maximum Gasteiger partial charge on any atom is 0.411 e. The van der Waals surface area contributed by atoms with Crippen LogP contribution in [0.3, 0.4) is 0 Å². The van der Waals surface area contributed by atoms with E-state index in [1.165, 1.54) is 0 Å². The van der Waals surface area contributed by atoms with Crippen LogP contribution in [-0.4, -0.2) is 69.0 Å². The quantitative estimate of drug-likeness (QED) is 0.175. The average molecular weight is 712 g/mol. The Labute approximate surface area is 304 Å². The largest absolute Gasteiger partial charge is 0.444 e. The van der Waals surface area contributed by atoms with Crippen molar-refractivity contribution in [1.82, 2.24) is 25.5 Å². The molecule has 2 heterocycles. The minimum Gasteiger partial charge on any atom is -0.444 e. The molecule has 4 aromatic rings. The van der Waals surface area contributed by atoms with Gasteiger partial charge < -0.3 is 25.1 Å². The Morgan fingerprint density at radius 1 is 0.804 bits per heavy atom.